The highest BCUT2D eigenvalue weighted by Gasteiger charge is 2.22. The summed E-state index contributed by atoms with van der Waals surface area (Å²) in [4.78, 5) is 28.6. The molecule has 1 fully saturated rings. The number of piperazine rings is 1. The zero-order valence-electron chi connectivity index (χ0n) is 17.9. The Morgan fingerprint density at radius 2 is 1.65 bits per heavy atom. The molecule has 2 aromatic rings. The quantitative estimate of drug-likeness (QED) is 0.608. The monoisotopic (exact) mass is 444 g/mol. The molecule has 0 bridgehead atoms. The van der Waals surface area contributed by atoms with Crippen LogP contribution < -0.4 is 0 Å². The van der Waals surface area contributed by atoms with Gasteiger partial charge in [0.15, 0.2) is 16.4 Å². The van der Waals surface area contributed by atoms with E-state index in [4.69, 9.17) is 4.74 Å². The number of ether oxygens (including phenoxy) is 1. The topological polar surface area (TPSA) is 84.0 Å². The first kappa shape index (κ1) is 23.0. The van der Waals surface area contributed by atoms with Crippen molar-refractivity contribution in [2.75, 3.05) is 39.0 Å². The minimum absolute atomic E-state index is 0.0866. The minimum Gasteiger partial charge on any atom is -0.452 e. The lowest BCUT2D eigenvalue weighted by atomic mass is 10.1. The predicted molar refractivity (Wildman–Crippen MR) is 118 cm³/mol. The number of aryl methyl sites for hydroxylation is 1. The molecule has 0 radical (unpaired) electrons. The van der Waals surface area contributed by atoms with Crippen molar-refractivity contribution in [3.05, 3.63) is 70.8 Å². The number of hydrogen-bond acceptors (Lipinski definition) is 6. The van der Waals surface area contributed by atoms with Gasteiger partial charge in [-0.1, -0.05) is 42.0 Å². The number of carbonyl (C=O) groups is 2. The Morgan fingerprint density at radius 1 is 0.968 bits per heavy atom. The molecule has 1 heterocycles. The summed E-state index contributed by atoms with van der Waals surface area (Å²) >= 11 is 0. The Labute approximate surface area is 183 Å². The maximum Gasteiger partial charge on any atom is 0.338 e. The third kappa shape index (κ3) is 7.18. The van der Waals surface area contributed by atoms with E-state index in [0.29, 0.717) is 18.7 Å². The van der Waals surface area contributed by atoms with E-state index in [1.54, 1.807) is 17.0 Å². The Bertz CT molecular complexity index is 1030. The lowest BCUT2D eigenvalue weighted by Crippen LogP contribution is -2.49. The van der Waals surface area contributed by atoms with E-state index in [9.17, 15) is 18.0 Å². The summed E-state index contributed by atoms with van der Waals surface area (Å²) in [7, 11) is -3.14. The molecule has 0 N–H and O–H groups in total. The van der Waals surface area contributed by atoms with Gasteiger partial charge in [0, 0.05) is 39.0 Å². The second-order valence-corrected chi connectivity index (χ2v) is 10.1. The highest BCUT2D eigenvalue weighted by molar-refractivity contribution is 7.89. The van der Waals surface area contributed by atoms with Gasteiger partial charge in [0.2, 0.25) is 0 Å². The third-order valence-electron chi connectivity index (χ3n) is 5.16. The molecule has 0 saturated carbocycles. The molecule has 1 aliphatic rings. The average Bonchev–Trinajstić information content (AvgIpc) is 2.72. The van der Waals surface area contributed by atoms with Crippen LogP contribution in [0, 0.1) is 6.92 Å². The van der Waals surface area contributed by atoms with Gasteiger partial charge in [-0.05, 0) is 30.2 Å². The highest BCUT2D eigenvalue weighted by atomic mass is 32.2. The molecule has 0 aromatic heterocycles. The van der Waals surface area contributed by atoms with Gasteiger partial charge >= 0.3 is 5.97 Å². The van der Waals surface area contributed by atoms with Crippen LogP contribution in [0.2, 0.25) is 0 Å². The smallest absolute Gasteiger partial charge is 0.338 e. The van der Waals surface area contributed by atoms with E-state index < -0.39 is 15.8 Å². The van der Waals surface area contributed by atoms with Crippen LogP contribution in [0.3, 0.4) is 0 Å². The molecule has 0 unspecified atom stereocenters. The van der Waals surface area contributed by atoms with Crippen LogP contribution >= 0.6 is 0 Å². The molecule has 1 amide bonds. The van der Waals surface area contributed by atoms with Crippen LogP contribution in [0.4, 0.5) is 0 Å². The van der Waals surface area contributed by atoms with Crippen molar-refractivity contribution in [3.8, 4) is 0 Å². The van der Waals surface area contributed by atoms with Crippen molar-refractivity contribution in [2.45, 2.75) is 19.2 Å². The molecular weight excluding hydrogens is 416 g/mol. The molecule has 2 aromatic carbocycles. The van der Waals surface area contributed by atoms with Crippen molar-refractivity contribution in [1.29, 1.82) is 0 Å². The van der Waals surface area contributed by atoms with Gasteiger partial charge in [-0.2, -0.15) is 0 Å². The molecule has 1 aliphatic heterocycles. The molecule has 8 heteroatoms. The van der Waals surface area contributed by atoms with E-state index >= 15 is 0 Å². The number of esters is 1. The lowest BCUT2D eigenvalue weighted by Gasteiger charge is -2.34. The zero-order chi connectivity index (χ0) is 22.4. The van der Waals surface area contributed by atoms with Crippen LogP contribution in [0.1, 0.15) is 27.0 Å². The second-order valence-electron chi connectivity index (χ2n) is 7.99. The number of benzene rings is 2. The van der Waals surface area contributed by atoms with Gasteiger partial charge in [0.25, 0.3) is 5.91 Å². The Hall–Kier alpha value is -2.71. The molecule has 0 spiro atoms. The van der Waals surface area contributed by atoms with Crippen molar-refractivity contribution in [2.24, 2.45) is 0 Å². The first-order valence-corrected chi connectivity index (χ1v) is 12.2. The Balaban J connectivity index is 1.43. The summed E-state index contributed by atoms with van der Waals surface area (Å²) in [5.74, 6) is -0.897. The predicted octanol–water partition coefficient (Wildman–Crippen LogP) is 2.04. The van der Waals surface area contributed by atoms with E-state index in [1.807, 2.05) is 0 Å². The molecule has 3 rings (SSSR count). The van der Waals surface area contributed by atoms with E-state index in [0.717, 1.165) is 25.9 Å². The van der Waals surface area contributed by atoms with E-state index in [2.05, 4.69) is 36.1 Å². The second kappa shape index (κ2) is 10.1. The van der Waals surface area contributed by atoms with Gasteiger partial charge in [-0.15, -0.1) is 0 Å². The van der Waals surface area contributed by atoms with Gasteiger partial charge < -0.3 is 9.64 Å². The van der Waals surface area contributed by atoms with E-state index in [1.165, 1.54) is 23.3 Å². The number of nitrogens with zero attached hydrogens (tertiary/aromatic N) is 2. The summed E-state index contributed by atoms with van der Waals surface area (Å²) in [6, 6.07) is 14.6. The largest absolute Gasteiger partial charge is 0.452 e. The molecule has 7 nitrogen and oxygen atoms in total. The third-order valence-corrected chi connectivity index (χ3v) is 6.02. The fraction of sp³-hybridized carbons (Fsp3) is 0.391. The highest BCUT2D eigenvalue weighted by Crippen LogP contribution is 2.12. The lowest BCUT2D eigenvalue weighted by molar-refractivity contribution is -0.136. The number of sulfone groups is 1. The van der Waals surface area contributed by atoms with Crippen LogP contribution in [-0.2, 0) is 31.7 Å². The summed E-state index contributed by atoms with van der Waals surface area (Å²) in [5, 5.41) is 0. The SMILES string of the molecule is Cc1cccc(CN2CCN(C(=O)COC(=O)c3ccc(CS(C)(=O)=O)cc3)CC2)c1. The minimum atomic E-state index is -3.14. The number of carbonyl (C=O) groups excluding carboxylic acids is 2. The molecule has 0 aliphatic carbocycles. The Morgan fingerprint density at radius 3 is 2.26 bits per heavy atom. The molecular formula is C23H28N2O5S. The average molecular weight is 445 g/mol. The first-order valence-electron chi connectivity index (χ1n) is 10.2. The van der Waals surface area contributed by atoms with Gasteiger partial charge in [0.1, 0.15) is 0 Å². The van der Waals surface area contributed by atoms with Crippen LogP contribution in [0.25, 0.3) is 0 Å². The maximum absolute atomic E-state index is 12.4. The molecule has 0 atom stereocenters. The summed E-state index contributed by atoms with van der Waals surface area (Å²) in [6.07, 6.45) is 1.16. The molecule has 31 heavy (non-hydrogen) atoms. The summed E-state index contributed by atoms with van der Waals surface area (Å²) in [6.45, 7) is 5.37. The Kier molecular flexibility index (Phi) is 7.46. The summed E-state index contributed by atoms with van der Waals surface area (Å²) in [5.41, 5.74) is 3.38. The molecule has 1 saturated heterocycles. The molecule has 166 valence electrons. The number of hydrogen-bond donors (Lipinski definition) is 0. The van der Waals surface area contributed by atoms with Crippen molar-refractivity contribution < 1.29 is 22.7 Å². The maximum atomic E-state index is 12.4. The standard InChI is InChI=1S/C23H28N2O5S/c1-18-4-3-5-20(14-18)15-24-10-12-25(13-11-24)22(26)16-30-23(27)21-8-6-19(7-9-21)17-31(2,28)29/h3-9,14H,10-13,15-17H2,1-2H3. The van der Waals surface area contributed by atoms with E-state index in [-0.39, 0.29) is 23.8 Å². The van der Waals surface area contributed by atoms with Crippen molar-refractivity contribution in [3.63, 3.8) is 0 Å². The van der Waals surface area contributed by atoms with Crippen LogP contribution in [-0.4, -0.2) is 69.1 Å². The first-order chi connectivity index (χ1) is 14.7. The van der Waals surface area contributed by atoms with Crippen LogP contribution in [0.15, 0.2) is 48.5 Å². The van der Waals surface area contributed by atoms with Crippen LogP contribution in [0.5, 0.6) is 0 Å². The normalized spacial score (nSPS) is 15.0. The fourth-order valence-corrected chi connectivity index (χ4v) is 4.36. The summed E-state index contributed by atoms with van der Waals surface area (Å²) < 4.78 is 27.8. The zero-order valence-corrected chi connectivity index (χ0v) is 18.7. The van der Waals surface area contributed by atoms with Crippen molar-refractivity contribution >= 4 is 21.7 Å². The van der Waals surface area contributed by atoms with Gasteiger partial charge in [-0.25, -0.2) is 13.2 Å². The van der Waals surface area contributed by atoms with Crippen molar-refractivity contribution in [1.82, 2.24) is 9.80 Å². The fourth-order valence-electron chi connectivity index (χ4n) is 3.57. The van der Waals surface area contributed by atoms with Gasteiger partial charge in [-0.3, -0.25) is 9.69 Å². The number of rotatable bonds is 7. The van der Waals surface area contributed by atoms with Gasteiger partial charge in [0.05, 0.1) is 11.3 Å². The number of amides is 1.